The summed E-state index contributed by atoms with van der Waals surface area (Å²) in [6, 6.07) is 3.07. The van der Waals surface area contributed by atoms with Crippen LogP contribution in [0.4, 0.5) is 4.39 Å². The molecule has 1 aromatic rings. The summed E-state index contributed by atoms with van der Waals surface area (Å²) in [5.41, 5.74) is 0.685. The molecule has 1 nitrogen and oxygen atoms in total. The van der Waals surface area contributed by atoms with Crippen LogP contribution in [0.15, 0.2) is 12.1 Å². The summed E-state index contributed by atoms with van der Waals surface area (Å²) >= 11 is 5.60. The lowest BCUT2D eigenvalue weighted by Crippen LogP contribution is -1.98. The SMILES string of the molecule is CC(=O)c1ccc(C)c(Cl)c1F. The lowest BCUT2D eigenvalue weighted by atomic mass is 10.1. The van der Waals surface area contributed by atoms with Crippen LogP contribution in [0.1, 0.15) is 22.8 Å². The van der Waals surface area contributed by atoms with Crippen LogP contribution in [0.2, 0.25) is 5.02 Å². The van der Waals surface area contributed by atoms with Crippen LogP contribution in [-0.2, 0) is 0 Å². The van der Waals surface area contributed by atoms with Gasteiger partial charge in [0.15, 0.2) is 11.6 Å². The van der Waals surface area contributed by atoms with Gasteiger partial charge in [0.05, 0.1) is 10.6 Å². The van der Waals surface area contributed by atoms with Gasteiger partial charge in [-0.1, -0.05) is 17.7 Å². The quantitative estimate of drug-likeness (QED) is 0.617. The van der Waals surface area contributed by atoms with E-state index in [1.54, 1.807) is 13.0 Å². The topological polar surface area (TPSA) is 17.1 Å². The highest BCUT2D eigenvalue weighted by atomic mass is 35.5. The van der Waals surface area contributed by atoms with Crippen LogP contribution in [0.25, 0.3) is 0 Å². The van der Waals surface area contributed by atoms with E-state index in [1.165, 1.54) is 13.0 Å². The largest absolute Gasteiger partial charge is 0.294 e. The number of rotatable bonds is 1. The highest BCUT2D eigenvalue weighted by Gasteiger charge is 2.11. The monoisotopic (exact) mass is 186 g/mol. The zero-order chi connectivity index (χ0) is 9.30. The van der Waals surface area contributed by atoms with E-state index >= 15 is 0 Å². The summed E-state index contributed by atoms with van der Waals surface area (Å²) in [5, 5.41) is 0.0303. The number of hydrogen-bond donors (Lipinski definition) is 0. The molecule has 0 saturated carbocycles. The van der Waals surface area contributed by atoms with E-state index in [1.807, 2.05) is 0 Å². The Bertz CT molecular complexity index is 334. The van der Waals surface area contributed by atoms with Crippen molar-refractivity contribution in [3.05, 3.63) is 34.1 Å². The first-order valence-corrected chi connectivity index (χ1v) is 3.87. The van der Waals surface area contributed by atoms with Gasteiger partial charge in [-0.2, -0.15) is 0 Å². The Morgan fingerprint density at radius 1 is 1.50 bits per heavy atom. The summed E-state index contributed by atoms with van der Waals surface area (Å²) < 4.78 is 13.2. The van der Waals surface area contributed by atoms with E-state index in [0.29, 0.717) is 5.56 Å². The molecule has 64 valence electrons. The van der Waals surface area contributed by atoms with E-state index in [4.69, 9.17) is 11.6 Å². The van der Waals surface area contributed by atoms with Crippen molar-refractivity contribution in [3.63, 3.8) is 0 Å². The summed E-state index contributed by atoms with van der Waals surface area (Å²) in [6.07, 6.45) is 0. The minimum Gasteiger partial charge on any atom is -0.294 e. The summed E-state index contributed by atoms with van der Waals surface area (Å²) in [6.45, 7) is 3.00. The van der Waals surface area contributed by atoms with Gasteiger partial charge >= 0.3 is 0 Å². The van der Waals surface area contributed by atoms with Gasteiger partial charge in [-0.3, -0.25) is 4.79 Å². The molecule has 0 amide bonds. The molecule has 3 heteroatoms. The molecule has 0 N–H and O–H groups in total. The smallest absolute Gasteiger partial charge is 0.162 e. The van der Waals surface area contributed by atoms with Crippen molar-refractivity contribution in [2.75, 3.05) is 0 Å². The second kappa shape index (κ2) is 3.23. The molecule has 0 radical (unpaired) electrons. The summed E-state index contributed by atoms with van der Waals surface area (Å²) in [7, 11) is 0. The van der Waals surface area contributed by atoms with Gasteiger partial charge in [0.1, 0.15) is 0 Å². The maximum Gasteiger partial charge on any atom is 0.162 e. The molecule has 0 aliphatic carbocycles. The Balaban J connectivity index is 3.36. The fraction of sp³-hybridized carbons (Fsp3) is 0.222. The van der Waals surface area contributed by atoms with E-state index < -0.39 is 5.82 Å². The van der Waals surface area contributed by atoms with E-state index in [2.05, 4.69) is 0 Å². The predicted octanol–water partition coefficient (Wildman–Crippen LogP) is 2.99. The molecule has 0 bridgehead atoms. The fourth-order valence-corrected chi connectivity index (χ4v) is 1.08. The zero-order valence-electron chi connectivity index (χ0n) is 6.82. The second-order valence-corrected chi connectivity index (χ2v) is 2.99. The Morgan fingerprint density at radius 2 is 2.08 bits per heavy atom. The number of Topliss-reactive ketones (excluding diaryl/α,β-unsaturated/α-hetero) is 1. The number of hydrogen-bond acceptors (Lipinski definition) is 1. The lowest BCUT2D eigenvalue weighted by Gasteiger charge is -2.02. The molecule has 12 heavy (non-hydrogen) atoms. The van der Waals surface area contributed by atoms with Crippen molar-refractivity contribution < 1.29 is 9.18 Å². The van der Waals surface area contributed by atoms with Crippen LogP contribution in [0.3, 0.4) is 0 Å². The van der Waals surface area contributed by atoms with Crippen LogP contribution < -0.4 is 0 Å². The van der Waals surface area contributed by atoms with Gasteiger partial charge < -0.3 is 0 Å². The Morgan fingerprint density at radius 3 is 2.58 bits per heavy atom. The van der Waals surface area contributed by atoms with Gasteiger partial charge in [0.25, 0.3) is 0 Å². The minimum absolute atomic E-state index is 0.0303. The van der Waals surface area contributed by atoms with Crippen LogP contribution >= 0.6 is 11.6 Å². The third-order valence-electron chi connectivity index (χ3n) is 1.65. The third kappa shape index (κ3) is 1.48. The molecule has 0 aliphatic heterocycles. The van der Waals surface area contributed by atoms with Crippen molar-refractivity contribution in [3.8, 4) is 0 Å². The van der Waals surface area contributed by atoms with Gasteiger partial charge in [-0.15, -0.1) is 0 Å². The molecule has 0 atom stereocenters. The maximum absolute atomic E-state index is 13.2. The maximum atomic E-state index is 13.2. The third-order valence-corrected chi connectivity index (χ3v) is 2.12. The number of carbonyl (C=O) groups excluding carboxylic acids is 1. The van der Waals surface area contributed by atoms with E-state index in [9.17, 15) is 9.18 Å². The number of ketones is 1. The van der Waals surface area contributed by atoms with Crippen molar-refractivity contribution in [2.45, 2.75) is 13.8 Å². The van der Waals surface area contributed by atoms with Crippen LogP contribution in [0, 0.1) is 12.7 Å². The van der Waals surface area contributed by atoms with Crippen molar-refractivity contribution in [2.24, 2.45) is 0 Å². The molecule has 0 fully saturated rings. The average molecular weight is 187 g/mol. The molecule has 0 aliphatic rings. The predicted molar refractivity (Wildman–Crippen MR) is 46.2 cm³/mol. The van der Waals surface area contributed by atoms with E-state index in [0.717, 1.165) is 0 Å². The molecular formula is C9H8ClFO. The first kappa shape index (κ1) is 9.20. The van der Waals surface area contributed by atoms with Crippen LogP contribution in [0.5, 0.6) is 0 Å². The average Bonchev–Trinajstić information content (AvgIpc) is 2.00. The van der Waals surface area contributed by atoms with Gasteiger partial charge in [-0.05, 0) is 25.5 Å². The number of carbonyl (C=O) groups is 1. The standard InChI is InChI=1S/C9H8ClFO/c1-5-3-4-7(6(2)12)9(11)8(5)10/h3-4H,1-2H3. The molecule has 0 aromatic heterocycles. The van der Waals surface area contributed by atoms with Crippen molar-refractivity contribution in [1.82, 2.24) is 0 Å². The lowest BCUT2D eigenvalue weighted by molar-refractivity contribution is 0.101. The molecule has 0 saturated heterocycles. The highest BCUT2D eigenvalue weighted by Crippen LogP contribution is 2.22. The molecule has 0 heterocycles. The van der Waals surface area contributed by atoms with Crippen molar-refractivity contribution >= 4 is 17.4 Å². The summed E-state index contributed by atoms with van der Waals surface area (Å²) in [4.78, 5) is 10.8. The number of halogens is 2. The molecule has 0 unspecified atom stereocenters. The molecule has 1 rings (SSSR count). The Hall–Kier alpha value is -0.890. The molecule has 1 aromatic carbocycles. The Labute approximate surface area is 75.2 Å². The van der Waals surface area contributed by atoms with Crippen LogP contribution in [-0.4, -0.2) is 5.78 Å². The van der Waals surface area contributed by atoms with E-state index in [-0.39, 0.29) is 16.4 Å². The first-order valence-electron chi connectivity index (χ1n) is 3.49. The molecular weight excluding hydrogens is 179 g/mol. The Kier molecular flexibility index (Phi) is 2.48. The van der Waals surface area contributed by atoms with Gasteiger partial charge in [-0.25, -0.2) is 4.39 Å². The second-order valence-electron chi connectivity index (χ2n) is 2.61. The normalized spacial score (nSPS) is 10.0. The van der Waals surface area contributed by atoms with Crippen molar-refractivity contribution in [1.29, 1.82) is 0 Å². The zero-order valence-corrected chi connectivity index (χ0v) is 7.57. The fourth-order valence-electron chi connectivity index (χ4n) is 0.918. The van der Waals surface area contributed by atoms with Gasteiger partial charge in [0.2, 0.25) is 0 Å². The first-order chi connectivity index (χ1) is 5.54. The minimum atomic E-state index is -0.621. The van der Waals surface area contributed by atoms with Gasteiger partial charge in [0, 0.05) is 0 Å². The molecule has 0 spiro atoms. The highest BCUT2D eigenvalue weighted by molar-refractivity contribution is 6.31. The number of aryl methyl sites for hydroxylation is 1. The number of benzene rings is 1. The summed E-state index contributed by atoms with van der Waals surface area (Å²) in [5.74, 6) is -0.932.